The summed E-state index contributed by atoms with van der Waals surface area (Å²) >= 11 is 0. The third-order valence-electron chi connectivity index (χ3n) is 4.79. The van der Waals surface area contributed by atoms with Gasteiger partial charge in [0.1, 0.15) is 5.82 Å². The Hall–Kier alpha value is -2.15. The van der Waals surface area contributed by atoms with Crippen LogP contribution in [0.2, 0.25) is 0 Å². The number of hydrogen-bond donors (Lipinski definition) is 2. The molecule has 1 fully saturated rings. The number of benzene rings is 1. The van der Waals surface area contributed by atoms with Gasteiger partial charge in [-0.25, -0.2) is 4.39 Å². The molecular weight excluding hydrogens is 337 g/mol. The highest BCUT2D eigenvalue weighted by Crippen LogP contribution is 2.22. The number of carboxylic acids is 1. The normalized spacial score (nSPS) is 15.8. The van der Waals surface area contributed by atoms with Gasteiger partial charge >= 0.3 is 5.97 Å². The van der Waals surface area contributed by atoms with Gasteiger partial charge in [-0.1, -0.05) is 6.92 Å². The van der Waals surface area contributed by atoms with Crippen LogP contribution < -0.4 is 10.2 Å². The Morgan fingerprint density at radius 3 is 2.42 bits per heavy atom. The van der Waals surface area contributed by atoms with Crippen molar-refractivity contribution in [3.63, 3.8) is 0 Å². The van der Waals surface area contributed by atoms with Crippen LogP contribution in [0.25, 0.3) is 0 Å². The number of rotatable bonds is 7. The molecule has 0 saturated carbocycles. The highest BCUT2D eigenvalue weighted by atomic mass is 19.1. The molecule has 0 bridgehead atoms. The smallest absolute Gasteiger partial charge is 0.303 e. The van der Waals surface area contributed by atoms with Crippen LogP contribution in [0, 0.1) is 5.82 Å². The zero-order valence-corrected chi connectivity index (χ0v) is 15.7. The molecule has 1 amide bonds. The lowest BCUT2D eigenvalue weighted by molar-refractivity contribution is -0.137. The number of hydrogen-bond acceptors (Lipinski definition) is 4. The fraction of sp³-hybridized carbons (Fsp3) is 0.579. The summed E-state index contributed by atoms with van der Waals surface area (Å²) in [5.41, 5.74) is 0.0745. The summed E-state index contributed by atoms with van der Waals surface area (Å²) in [5.74, 6) is -1.72. The van der Waals surface area contributed by atoms with Gasteiger partial charge in [-0.3, -0.25) is 9.59 Å². The van der Waals surface area contributed by atoms with E-state index < -0.39 is 23.2 Å². The summed E-state index contributed by atoms with van der Waals surface area (Å²) in [7, 11) is 0. The van der Waals surface area contributed by atoms with Crippen LogP contribution >= 0.6 is 0 Å². The van der Waals surface area contributed by atoms with E-state index in [0.29, 0.717) is 12.1 Å². The second-order valence-corrected chi connectivity index (χ2v) is 7.32. The molecule has 0 spiro atoms. The Kier molecular flexibility index (Phi) is 6.58. The van der Waals surface area contributed by atoms with Gasteiger partial charge in [0.05, 0.1) is 5.69 Å². The topological polar surface area (TPSA) is 72.9 Å². The van der Waals surface area contributed by atoms with Crippen molar-refractivity contribution in [3.05, 3.63) is 29.6 Å². The van der Waals surface area contributed by atoms with Gasteiger partial charge in [0.25, 0.3) is 5.91 Å². The highest BCUT2D eigenvalue weighted by Gasteiger charge is 2.24. The van der Waals surface area contributed by atoms with Crippen molar-refractivity contribution in [1.29, 1.82) is 0 Å². The number of carbonyl (C=O) groups excluding carboxylic acids is 1. The van der Waals surface area contributed by atoms with Crippen LogP contribution in [-0.4, -0.2) is 60.1 Å². The zero-order valence-electron chi connectivity index (χ0n) is 15.7. The molecule has 1 aliphatic heterocycles. The summed E-state index contributed by atoms with van der Waals surface area (Å²) in [6.07, 6.45) is 0.265. The van der Waals surface area contributed by atoms with Crippen molar-refractivity contribution < 1.29 is 19.1 Å². The second kappa shape index (κ2) is 8.49. The number of anilines is 1. The molecule has 2 rings (SSSR count). The van der Waals surface area contributed by atoms with Gasteiger partial charge in [0.2, 0.25) is 0 Å². The van der Waals surface area contributed by atoms with Crippen LogP contribution in [-0.2, 0) is 4.79 Å². The largest absolute Gasteiger partial charge is 0.481 e. The summed E-state index contributed by atoms with van der Waals surface area (Å²) < 4.78 is 14.5. The minimum absolute atomic E-state index is 0.0374. The van der Waals surface area contributed by atoms with Gasteiger partial charge in [0.15, 0.2) is 0 Å². The quantitative estimate of drug-likeness (QED) is 0.776. The summed E-state index contributed by atoms with van der Waals surface area (Å²) in [5, 5.41) is 11.6. The van der Waals surface area contributed by atoms with Crippen molar-refractivity contribution in [2.75, 3.05) is 37.6 Å². The van der Waals surface area contributed by atoms with Gasteiger partial charge in [0, 0.05) is 43.7 Å². The van der Waals surface area contributed by atoms with Crippen molar-refractivity contribution in [3.8, 4) is 0 Å². The van der Waals surface area contributed by atoms with E-state index in [4.69, 9.17) is 5.11 Å². The molecule has 1 aromatic carbocycles. The lowest BCUT2D eigenvalue weighted by Crippen LogP contribution is -2.46. The second-order valence-electron chi connectivity index (χ2n) is 7.32. The van der Waals surface area contributed by atoms with E-state index in [-0.39, 0.29) is 12.0 Å². The van der Waals surface area contributed by atoms with Gasteiger partial charge in [-0.2, -0.15) is 0 Å². The maximum Gasteiger partial charge on any atom is 0.303 e. The summed E-state index contributed by atoms with van der Waals surface area (Å²) in [4.78, 5) is 27.4. The van der Waals surface area contributed by atoms with Crippen molar-refractivity contribution in [2.45, 2.75) is 39.2 Å². The summed E-state index contributed by atoms with van der Waals surface area (Å²) in [6, 6.07) is 4.52. The van der Waals surface area contributed by atoms with E-state index in [1.807, 2.05) is 4.90 Å². The van der Waals surface area contributed by atoms with E-state index >= 15 is 0 Å². The van der Waals surface area contributed by atoms with E-state index in [2.05, 4.69) is 17.1 Å². The molecular formula is C19H28FN3O3. The molecule has 0 radical (unpaired) electrons. The number of aliphatic carboxylic acids is 1. The molecule has 7 heteroatoms. The minimum atomic E-state index is -0.911. The first kappa shape index (κ1) is 20.2. The highest BCUT2D eigenvalue weighted by molar-refractivity contribution is 5.95. The lowest BCUT2D eigenvalue weighted by Gasteiger charge is -2.35. The van der Waals surface area contributed by atoms with Crippen LogP contribution in [0.15, 0.2) is 18.2 Å². The third-order valence-corrected chi connectivity index (χ3v) is 4.79. The molecule has 1 aliphatic rings. The number of halogens is 1. The molecule has 1 aromatic rings. The number of carbonyl (C=O) groups is 2. The maximum absolute atomic E-state index is 14.5. The number of piperazine rings is 1. The first-order chi connectivity index (χ1) is 12.2. The van der Waals surface area contributed by atoms with E-state index in [1.165, 1.54) is 6.07 Å². The molecule has 1 saturated heterocycles. The van der Waals surface area contributed by atoms with Crippen LogP contribution in [0.5, 0.6) is 0 Å². The van der Waals surface area contributed by atoms with Gasteiger partial charge in [-0.15, -0.1) is 0 Å². The van der Waals surface area contributed by atoms with E-state index in [9.17, 15) is 14.0 Å². The van der Waals surface area contributed by atoms with Crippen LogP contribution in [0.4, 0.5) is 10.1 Å². The zero-order chi connectivity index (χ0) is 19.3. The first-order valence-corrected chi connectivity index (χ1v) is 9.03. The Morgan fingerprint density at radius 2 is 1.88 bits per heavy atom. The molecule has 0 aliphatic carbocycles. The number of nitrogens with zero attached hydrogens (tertiary/aromatic N) is 2. The Balaban J connectivity index is 2.02. The number of likely N-dealkylation sites (N-methyl/N-ethyl adjacent to an activating group) is 1. The van der Waals surface area contributed by atoms with E-state index in [0.717, 1.165) is 32.7 Å². The average molecular weight is 365 g/mol. The summed E-state index contributed by atoms with van der Waals surface area (Å²) in [6.45, 7) is 9.94. The van der Waals surface area contributed by atoms with Crippen molar-refractivity contribution in [1.82, 2.24) is 10.2 Å². The number of amides is 1. The SMILES string of the molecule is CCN1CCN(c2ccc(C(=O)NC(C)(C)CCC(=O)O)cc2F)CC1. The predicted molar refractivity (Wildman–Crippen MR) is 99.1 cm³/mol. The first-order valence-electron chi connectivity index (χ1n) is 9.03. The Morgan fingerprint density at radius 1 is 1.23 bits per heavy atom. The molecule has 2 N–H and O–H groups in total. The lowest BCUT2D eigenvalue weighted by atomic mass is 9.97. The third kappa shape index (κ3) is 5.42. The molecule has 26 heavy (non-hydrogen) atoms. The average Bonchev–Trinajstić information content (AvgIpc) is 2.60. The number of carboxylic acid groups (broad SMARTS) is 1. The molecule has 0 aromatic heterocycles. The Labute approximate surface area is 154 Å². The van der Waals surface area contributed by atoms with Crippen LogP contribution in [0.3, 0.4) is 0 Å². The number of nitrogens with one attached hydrogen (secondary N) is 1. The van der Waals surface area contributed by atoms with Crippen LogP contribution in [0.1, 0.15) is 44.0 Å². The molecule has 144 valence electrons. The Bertz CT molecular complexity index is 655. The monoisotopic (exact) mass is 365 g/mol. The molecule has 0 unspecified atom stereocenters. The molecule has 1 heterocycles. The van der Waals surface area contributed by atoms with Crippen molar-refractivity contribution in [2.24, 2.45) is 0 Å². The van der Waals surface area contributed by atoms with Gasteiger partial charge < -0.3 is 20.2 Å². The minimum Gasteiger partial charge on any atom is -0.481 e. The predicted octanol–water partition coefficient (Wildman–Crippen LogP) is 2.34. The van der Waals surface area contributed by atoms with E-state index in [1.54, 1.807) is 26.0 Å². The fourth-order valence-electron chi connectivity index (χ4n) is 3.07. The van der Waals surface area contributed by atoms with Gasteiger partial charge in [-0.05, 0) is 45.0 Å². The standard InChI is InChI=1S/C19H28FN3O3/c1-4-22-9-11-23(12-10-22)16-6-5-14(13-15(16)20)18(26)21-19(2,3)8-7-17(24)25/h5-6,13H,4,7-12H2,1-3H3,(H,21,26)(H,24,25). The maximum atomic E-state index is 14.5. The fourth-order valence-corrected chi connectivity index (χ4v) is 3.07. The molecule has 6 nitrogen and oxygen atoms in total. The molecule has 0 atom stereocenters. The van der Waals surface area contributed by atoms with Crippen molar-refractivity contribution >= 4 is 17.6 Å².